The Hall–Kier alpha value is -2.54. The van der Waals surface area contributed by atoms with Crippen LogP contribution in [-0.4, -0.2) is 0 Å². The molecule has 1 aliphatic rings. The zero-order chi connectivity index (χ0) is 23.2. The van der Waals surface area contributed by atoms with E-state index < -0.39 is 0 Å². The maximum Gasteiger partial charge on any atom is 3.00 e. The van der Waals surface area contributed by atoms with Gasteiger partial charge < -0.3 is 0 Å². The molecule has 0 N–H and O–H groups in total. The molecule has 0 unspecified atom stereocenters. The van der Waals surface area contributed by atoms with Crippen LogP contribution in [0.1, 0.15) is 51.3 Å². The molecule has 0 atom stereocenters. The summed E-state index contributed by atoms with van der Waals surface area (Å²) in [6.07, 6.45) is 0. The van der Waals surface area contributed by atoms with E-state index >= 15 is 0 Å². The number of allylic oxidation sites excluding steroid dienone is 4. The summed E-state index contributed by atoms with van der Waals surface area (Å²) < 4.78 is 0. The molecule has 1 heteroatoms. The van der Waals surface area contributed by atoms with E-state index in [-0.39, 0.29) is 21.7 Å². The quantitative estimate of drug-likeness (QED) is 0.233. The predicted molar refractivity (Wildman–Crippen MR) is 139 cm³/mol. The minimum atomic E-state index is 0. The van der Waals surface area contributed by atoms with Gasteiger partial charge in [-0.2, -0.15) is 73.9 Å². The second-order valence-corrected chi connectivity index (χ2v) is 7.79. The van der Waals surface area contributed by atoms with Gasteiger partial charge in [0.1, 0.15) is 0 Å². The largest absolute Gasteiger partial charge is 3.00 e. The molecule has 0 saturated heterocycles. The van der Waals surface area contributed by atoms with Crippen molar-refractivity contribution >= 4 is 0 Å². The minimum absolute atomic E-state index is 0. The van der Waals surface area contributed by atoms with Gasteiger partial charge in [-0.25, -0.2) is 0 Å². The van der Waals surface area contributed by atoms with Crippen molar-refractivity contribution in [3.05, 3.63) is 151 Å². The van der Waals surface area contributed by atoms with Crippen LogP contribution in [0.15, 0.2) is 113 Å². The maximum atomic E-state index is 3.72. The van der Waals surface area contributed by atoms with Gasteiger partial charge >= 0.3 is 21.7 Å². The van der Waals surface area contributed by atoms with E-state index in [4.69, 9.17) is 0 Å². The van der Waals surface area contributed by atoms with Crippen LogP contribution in [0.25, 0.3) is 0 Å². The van der Waals surface area contributed by atoms with Crippen molar-refractivity contribution in [1.29, 1.82) is 0 Å². The molecule has 0 bridgehead atoms. The Balaban J connectivity index is 0.000000401. The van der Waals surface area contributed by atoms with Crippen LogP contribution in [0.5, 0.6) is 0 Å². The molecule has 165 valence electrons. The average molecular weight is 458 g/mol. The summed E-state index contributed by atoms with van der Waals surface area (Å²) in [6, 6.07) is 29.6. The van der Waals surface area contributed by atoms with Crippen molar-refractivity contribution in [2.24, 2.45) is 5.92 Å². The third-order valence-electron chi connectivity index (χ3n) is 5.57. The van der Waals surface area contributed by atoms with Crippen LogP contribution in [0.3, 0.4) is 0 Å². The van der Waals surface area contributed by atoms with Crippen LogP contribution in [0.4, 0.5) is 0 Å². The Kier molecular flexibility index (Phi) is 14.9. The summed E-state index contributed by atoms with van der Waals surface area (Å²) >= 11 is 0. The number of hydrogen-bond acceptors (Lipinski definition) is 0. The molecule has 4 rings (SSSR count). The SMILES string of the molecule is CC1=C(C)C(C)C(C)=C1C.[CH2-]c1ccccc1.[CH2-]c1ccccc1.[CH2-]c1ccccc1.[Ti+3]. The van der Waals surface area contributed by atoms with Gasteiger partial charge in [0.15, 0.2) is 0 Å². The monoisotopic (exact) mass is 457 g/mol. The summed E-state index contributed by atoms with van der Waals surface area (Å²) in [7, 11) is 0. The fourth-order valence-electron chi connectivity index (χ4n) is 3.00. The first-order valence-corrected chi connectivity index (χ1v) is 10.7. The molecule has 3 aromatic carbocycles. The van der Waals surface area contributed by atoms with E-state index in [1.54, 1.807) is 11.1 Å². The third-order valence-corrected chi connectivity index (χ3v) is 5.57. The first kappa shape index (κ1) is 29.5. The summed E-state index contributed by atoms with van der Waals surface area (Å²) in [5.74, 6) is 0.694. The molecule has 3 aromatic rings. The molecule has 1 radical (unpaired) electrons. The zero-order valence-electron chi connectivity index (χ0n) is 20.4. The standard InChI is InChI=1S/C10H16.3C7H7.Ti/c1-6-7(2)9(4)10(5)8(6)3;3*1-7-5-3-2-4-6-7;/h6H,1-5H3;3*2-6H,1H2;/q;3*-1;+3. The van der Waals surface area contributed by atoms with E-state index in [1.807, 2.05) is 91.0 Å². The smallest absolute Gasteiger partial charge is 0.199 e. The van der Waals surface area contributed by atoms with E-state index in [9.17, 15) is 0 Å². The molecule has 0 heterocycles. The van der Waals surface area contributed by atoms with Crippen molar-refractivity contribution in [1.82, 2.24) is 0 Å². The molecule has 0 aliphatic heterocycles. The van der Waals surface area contributed by atoms with Gasteiger partial charge in [-0.15, -0.1) is 36.4 Å². The van der Waals surface area contributed by atoms with Gasteiger partial charge in [0.2, 0.25) is 0 Å². The Morgan fingerprint density at radius 3 is 0.781 bits per heavy atom. The first-order valence-electron chi connectivity index (χ1n) is 10.7. The number of hydrogen-bond donors (Lipinski definition) is 0. The fraction of sp³-hybridized carbons (Fsp3) is 0.194. The molecule has 0 amide bonds. The maximum absolute atomic E-state index is 3.72. The minimum Gasteiger partial charge on any atom is -0.199 e. The third kappa shape index (κ3) is 11.2. The number of benzene rings is 3. The van der Waals surface area contributed by atoms with Gasteiger partial charge in [-0.3, -0.25) is 0 Å². The number of rotatable bonds is 0. The normalized spacial score (nSPS) is 12.3. The van der Waals surface area contributed by atoms with Crippen LogP contribution >= 0.6 is 0 Å². The molecule has 0 saturated carbocycles. The van der Waals surface area contributed by atoms with E-state index in [2.05, 4.69) is 55.4 Å². The van der Waals surface area contributed by atoms with E-state index in [0.29, 0.717) is 5.92 Å². The van der Waals surface area contributed by atoms with Crippen molar-refractivity contribution < 1.29 is 21.7 Å². The Morgan fingerprint density at radius 1 is 0.469 bits per heavy atom. The van der Waals surface area contributed by atoms with Gasteiger partial charge in [-0.05, 0) is 44.8 Å². The molecular weight excluding hydrogens is 420 g/mol. The summed E-state index contributed by atoms with van der Waals surface area (Å²) in [5.41, 5.74) is 9.33. The van der Waals surface area contributed by atoms with Crippen molar-refractivity contribution in [3.63, 3.8) is 0 Å². The molecule has 0 spiro atoms. The van der Waals surface area contributed by atoms with Crippen LogP contribution in [0.2, 0.25) is 0 Å². The zero-order valence-corrected chi connectivity index (χ0v) is 21.9. The Labute approximate surface area is 212 Å². The fourth-order valence-corrected chi connectivity index (χ4v) is 3.00. The molecular formula is C31H37Ti. The average Bonchev–Trinajstić information content (AvgIpc) is 2.94. The molecule has 0 nitrogen and oxygen atoms in total. The summed E-state index contributed by atoms with van der Waals surface area (Å²) in [4.78, 5) is 0. The van der Waals surface area contributed by atoms with Gasteiger partial charge in [0, 0.05) is 0 Å². The molecule has 32 heavy (non-hydrogen) atoms. The van der Waals surface area contributed by atoms with Crippen molar-refractivity contribution in [2.75, 3.05) is 0 Å². The topological polar surface area (TPSA) is 0 Å². The van der Waals surface area contributed by atoms with Crippen molar-refractivity contribution in [2.45, 2.75) is 34.6 Å². The van der Waals surface area contributed by atoms with Gasteiger partial charge in [0.25, 0.3) is 0 Å². The predicted octanol–water partition coefficient (Wildman–Crippen LogP) is 8.91. The Morgan fingerprint density at radius 2 is 0.688 bits per heavy atom. The molecule has 0 fully saturated rings. The Bertz CT molecular complexity index is 822. The first-order chi connectivity index (χ1) is 14.7. The van der Waals surface area contributed by atoms with Gasteiger partial charge in [0.05, 0.1) is 0 Å². The van der Waals surface area contributed by atoms with Crippen LogP contribution in [0, 0.1) is 26.7 Å². The second kappa shape index (κ2) is 16.1. The van der Waals surface area contributed by atoms with E-state index in [0.717, 1.165) is 16.7 Å². The van der Waals surface area contributed by atoms with Crippen LogP contribution < -0.4 is 0 Å². The summed E-state index contributed by atoms with van der Waals surface area (Å²) in [6.45, 7) is 22.4. The second-order valence-electron chi connectivity index (χ2n) is 7.79. The van der Waals surface area contributed by atoms with Gasteiger partial charge in [-0.1, -0.05) is 36.3 Å². The molecule has 0 aromatic heterocycles. The molecule has 1 aliphatic carbocycles. The van der Waals surface area contributed by atoms with Crippen LogP contribution in [-0.2, 0) is 21.7 Å². The van der Waals surface area contributed by atoms with E-state index in [1.165, 1.54) is 11.1 Å². The van der Waals surface area contributed by atoms with Crippen molar-refractivity contribution in [3.8, 4) is 0 Å². The summed E-state index contributed by atoms with van der Waals surface area (Å²) in [5, 5.41) is 0.